The highest BCUT2D eigenvalue weighted by Crippen LogP contribution is 1.86. The van der Waals surface area contributed by atoms with E-state index in [2.05, 4.69) is 15.1 Å². The highest BCUT2D eigenvalue weighted by atomic mass is 16.5. The third-order valence-corrected chi connectivity index (χ3v) is 1.37. The summed E-state index contributed by atoms with van der Waals surface area (Å²) in [6.07, 6.45) is 1.98. The number of hydrazine groups is 1. The van der Waals surface area contributed by atoms with Crippen molar-refractivity contribution in [2.24, 2.45) is 22.0 Å². The summed E-state index contributed by atoms with van der Waals surface area (Å²) in [5.41, 5.74) is 0. The van der Waals surface area contributed by atoms with E-state index in [9.17, 15) is 9.59 Å². The molecule has 0 radical (unpaired) electrons. The van der Waals surface area contributed by atoms with Crippen LogP contribution in [-0.2, 0) is 14.3 Å². The molecule has 0 saturated carbocycles. The standard InChI is InChI=1S/C7H13N5O3/c1-15-7(14)3-2-6(13)12(9)5-4-10-11-8/h2-3H,4-5,9H2,1H3,(H2,8,10)/b3-2+. The van der Waals surface area contributed by atoms with Crippen LogP contribution in [0.3, 0.4) is 0 Å². The van der Waals surface area contributed by atoms with E-state index in [-0.39, 0.29) is 13.1 Å². The maximum atomic E-state index is 11.2. The second kappa shape index (κ2) is 7.44. The van der Waals surface area contributed by atoms with Gasteiger partial charge in [-0.3, -0.25) is 9.80 Å². The summed E-state index contributed by atoms with van der Waals surface area (Å²) in [6, 6.07) is 0. The first-order valence-corrected chi connectivity index (χ1v) is 4.00. The monoisotopic (exact) mass is 215 g/mol. The van der Waals surface area contributed by atoms with Crippen molar-refractivity contribution in [2.75, 3.05) is 20.2 Å². The molecular formula is C7H13N5O3. The van der Waals surface area contributed by atoms with Gasteiger partial charge >= 0.3 is 5.97 Å². The van der Waals surface area contributed by atoms with Crippen LogP contribution in [0.1, 0.15) is 0 Å². The number of esters is 1. The topological polar surface area (TPSA) is 123 Å². The van der Waals surface area contributed by atoms with Crippen molar-refractivity contribution in [3.63, 3.8) is 0 Å². The number of nitrogens with zero attached hydrogens (tertiary/aromatic N) is 3. The predicted octanol–water partition coefficient (Wildman–Crippen LogP) is -1.26. The first-order chi connectivity index (χ1) is 7.11. The highest BCUT2D eigenvalue weighted by Gasteiger charge is 2.05. The van der Waals surface area contributed by atoms with Gasteiger partial charge in [0.05, 0.1) is 20.2 Å². The third kappa shape index (κ3) is 6.16. The molecule has 4 N–H and O–H groups in total. The Balaban J connectivity index is 3.98. The van der Waals surface area contributed by atoms with Gasteiger partial charge in [-0.15, -0.1) is 0 Å². The quantitative estimate of drug-likeness (QED) is 0.148. The molecule has 0 heterocycles. The molecule has 0 unspecified atom stereocenters. The molecule has 0 aliphatic carbocycles. The minimum Gasteiger partial charge on any atom is -0.466 e. The van der Waals surface area contributed by atoms with Gasteiger partial charge in [0.15, 0.2) is 0 Å². The maximum absolute atomic E-state index is 11.2. The van der Waals surface area contributed by atoms with Crippen LogP contribution >= 0.6 is 0 Å². The normalized spacial score (nSPS) is 10.8. The fraction of sp³-hybridized carbons (Fsp3) is 0.429. The molecule has 0 rings (SSSR count). The van der Waals surface area contributed by atoms with E-state index in [1.807, 2.05) is 0 Å². The zero-order valence-electron chi connectivity index (χ0n) is 8.29. The van der Waals surface area contributed by atoms with E-state index in [4.69, 9.17) is 11.7 Å². The predicted molar refractivity (Wildman–Crippen MR) is 51.0 cm³/mol. The Bertz CT molecular complexity index is 276. The summed E-state index contributed by atoms with van der Waals surface area (Å²) in [6.45, 7) is 0.357. The minimum atomic E-state index is -0.626. The van der Waals surface area contributed by atoms with Gasteiger partial charge < -0.3 is 10.6 Å². The van der Waals surface area contributed by atoms with E-state index in [1.165, 1.54) is 7.11 Å². The van der Waals surface area contributed by atoms with Gasteiger partial charge in [-0.05, 0) is 0 Å². The Hall–Kier alpha value is -1.96. The van der Waals surface area contributed by atoms with Crippen LogP contribution in [0.5, 0.6) is 0 Å². The van der Waals surface area contributed by atoms with Crippen molar-refractivity contribution in [1.82, 2.24) is 5.01 Å². The summed E-state index contributed by atoms with van der Waals surface area (Å²) in [7, 11) is 1.21. The fourth-order valence-corrected chi connectivity index (χ4v) is 0.623. The molecule has 0 aromatic heterocycles. The van der Waals surface area contributed by atoms with Crippen LogP contribution in [0, 0.1) is 0 Å². The fourth-order valence-electron chi connectivity index (χ4n) is 0.623. The van der Waals surface area contributed by atoms with E-state index in [0.717, 1.165) is 17.2 Å². The molecule has 0 atom stereocenters. The number of carbonyl (C=O) groups is 2. The van der Waals surface area contributed by atoms with Crippen molar-refractivity contribution in [3.8, 4) is 0 Å². The van der Waals surface area contributed by atoms with E-state index >= 15 is 0 Å². The Kier molecular flexibility index (Phi) is 6.47. The summed E-state index contributed by atoms with van der Waals surface area (Å²) in [4.78, 5) is 21.8. The van der Waals surface area contributed by atoms with Crippen LogP contribution in [0.15, 0.2) is 22.5 Å². The number of hydrogen-bond donors (Lipinski definition) is 2. The van der Waals surface area contributed by atoms with Gasteiger partial charge in [-0.1, -0.05) is 5.22 Å². The Morgan fingerprint density at radius 3 is 2.67 bits per heavy atom. The molecule has 0 aliphatic rings. The number of amides is 1. The molecule has 0 aromatic carbocycles. The lowest BCUT2D eigenvalue weighted by molar-refractivity contribution is -0.135. The summed E-state index contributed by atoms with van der Waals surface area (Å²) in [5.74, 6) is 8.91. The largest absolute Gasteiger partial charge is 0.466 e. The number of nitrogens with two attached hydrogens (primary N) is 2. The third-order valence-electron chi connectivity index (χ3n) is 1.37. The number of carbonyl (C=O) groups excluding carboxylic acids is 2. The lowest BCUT2D eigenvalue weighted by Gasteiger charge is -2.11. The number of hydrogen-bond acceptors (Lipinski definition) is 6. The van der Waals surface area contributed by atoms with E-state index in [1.54, 1.807) is 0 Å². The highest BCUT2D eigenvalue weighted by molar-refractivity contribution is 5.94. The molecule has 8 heteroatoms. The Labute approximate surface area is 86.5 Å². The number of ether oxygens (including phenoxy) is 1. The molecule has 84 valence electrons. The van der Waals surface area contributed by atoms with Crippen molar-refractivity contribution in [2.45, 2.75) is 0 Å². The second-order valence-corrected chi connectivity index (χ2v) is 2.37. The van der Waals surface area contributed by atoms with Gasteiger partial charge in [0.2, 0.25) is 0 Å². The van der Waals surface area contributed by atoms with Gasteiger partial charge in [0.1, 0.15) is 0 Å². The van der Waals surface area contributed by atoms with E-state index < -0.39 is 11.9 Å². The Morgan fingerprint density at radius 2 is 2.13 bits per heavy atom. The summed E-state index contributed by atoms with van der Waals surface area (Å²) in [5, 5.41) is 7.30. The van der Waals surface area contributed by atoms with Crippen molar-refractivity contribution >= 4 is 11.9 Å². The molecule has 0 aromatic rings. The number of rotatable bonds is 5. The zero-order valence-corrected chi connectivity index (χ0v) is 8.29. The molecule has 8 nitrogen and oxygen atoms in total. The minimum absolute atomic E-state index is 0.158. The van der Waals surface area contributed by atoms with Crippen molar-refractivity contribution < 1.29 is 14.3 Å². The molecule has 15 heavy (non-hydrogen) atoms. The van der Waals surface area contributed by atoms with Gasteiger partial charge in [-0.25, -0.2) is 10.6 Å². The molecule has 0 spiro atoms. The van der Waals surface area contributed by atoms with Crippen LogP contribution in [-0.4, -0.2) is 37.1 Å². The lowest BCUT2D eigenvalue weighted by Crippen LogP contribution is -2.38. The zero-order chi connectivity index (χ0) is 11.7. The van der Waals surface area contributed by atoms with Crippen LogP contribution in [0.25, 0.3) is 0 Å². The lowest BCUT2D eigenvalue weighted by atomic mass is 10.4. The second-order valence-electron chi connectivity index (χ2n) is 2.37. The average Bonchev–Trinajstić information content (AvgIpc) is 2.25. The SMILES string of the molecule is COC(=O)/C=C/C(=O)N(N)CCN=NN. The first-order valence-electron chi connectivity index (χ1n) is 4.00. The van der Waals surface area contributed by atoms with Gasteiger partial charge in [-0.2, -0.15) is 5.11 Å². The van der Waals surface area contributed by atoms with Gasteiger partial charge in [0.25, 0.3) is 5.91 Å². The molecule has 0 aliphatic heterocycles. The van der Waals surface area contributed by atoms with Crippen molar-refractivity contribution in [1.29, 1.82) is 0 Å². The smallest absolute Gasteiger partial charge is 0.330 e. The average molecular weight is 215 g/mol. The molecule has 0 fully saturated rings. The van der Waals surface area contributed by atoms with Crippen LogP contribution in [0.2, 0.25) is 0 Å². The molecular weight excluding hydrogens is 202 g/mol. The van der Waals surface area contributed by atoms with Crippen LogP contribution < -0.4 is 11.7 Å². The Morgan fingerprint density at radius 1 is 1.47 bits per heavy atom. The van der Waals surface area contributed by atoms with E-state index in [0.29, 0.717) is 0 Å². The van der Waals surface area contributed by atoms with Gasteiger partial charge in [0, 0.05) is 12.2 Å². The molecule has 0 bridgehead atoms. The summed E-state index contributed by atoms with van der Waals surface area (Å²) >= 11 is 0. The van der Waals surface area contributed by atoms with Crippen molar-refractivity contribution in [3.05, 3.63) is 12.2 Å². The molecule has 0 saturated heterocycles. The summed E-state index contributed by atoms with van der Waals surface area (Å²) < 4.78 is 4.29. The molecule has 1 amide bonds. The number of methoxy groups -OCH3 is 1. The van der Waals surface area contributed by atoms with Crippen LogP contribution in [0.4, 0.5) is 0 Å². The first kappa shape index (κ1) is 13.0. The maximum Gasteiger partial charge on any atom is 0.330 e.